The zero-order chi connectivity index (χ0) is 16.2. The van der Waals surface area contributed by atoms with Gasteiger partial charge in [0.1, 0.15) is 6.73 Å². The molecule has 23 heavy (non-hydrogen) atoms. The number of aliphatic hydroxyl groups excluding tert-OH is 1. The van der Waals surface area contributed by atoms with Crippen LogP contribution in [0.25, 0.3) is 10.9 Å². The second-order valence-electron chi connectivity index (χ2n) is 6.38. The van der Waals surface area contributed by atoms with Gasteiger partial charge in [0, 0.05) is 18.0 Å². The van der Waals surface area contributed by atoms with Gasteiger partial charge in [-0.2, -0.15) is 0 Å². The van der Waals surface area contributed by atoms with Crippen LogP contribution in [-0.4, -0.2) is 15.6 Å². The third-order valence-electron chi connectivity index (χ3n) is 4.79. The second kappa shape index (κ2) is 7.37. The Hall–Kier alpha value is -1.52. The number of hydrogen-bond donors (Lipinski definition) is 2. The van der Waals surface area contributed by atoms with E-state index in [1.165, 1.54) is 32.1 Å². The smallest absolute Gasteiger partial charge is 0.224 e. The molecule has 1 fully saturated rings. The van der Waals surface area contributed by atoms with Crippen molar-refractivity contribution in [3.8, 4) is 0 Å². The van der Waals surface area contributed by atoms with E-state index in [9.17, 15) is 9.90 Å². The van der Waals surface area contributed by atoms with Crippen molar-refractivity contribution in [2.24, 2.45) is 5.92 Å². The molecule has 2 N–H and O–H groups in total. The van der Waals surface area contributed by atoms with Crippen molar-refractivity contribution in [1.82, 2.24) is 4.57 Å². The summed E-state index contributed by atoms with van der Waals surface area (Å²) in [6, 6.07) is 5.52. The molecule has 0 bridgehead atoms. The number of fused-ring (bicyclic) bond motifs is 1. The molecule has 1 amide bonds. The first-order valence-electron chi connectivity index (χ1n) is 8.37. The molecule has 1 heterocycles. The maximum atomic E-state index is 12.3. The molecule has 0 radical (unpaired) electrons. The van der Waals surface area contributed by atoms with E-state index >= 15 is 0 Å². The number of anilines is 1. The minimum absolute atomic E-state index is 0.0208. The van der Waals surface area contributed by atoms with Gasteiger partial charge in [-0.05, 0) is 24.5 Å². The molecule has 0 saturated heterocycles. The maximum Gasteiger partial charge on any atom is 0.224 e. The summed E-state index contributed by atoms with van der Waals surface area (Å²) in [5, 5.41) is 13.8. The fraction of sp³-hybridized carbons (Fsp3) is 0.500. The first-order valence-corrected chi connectivity index (χ1v) is 8.75. The number of aromatic nitrogens is 1. The molecule has 1 saturated carbocycles. The van der Waals surface area contributed by atoms with Crippen LogP contribution in [0.2, 0.25) is 5.02 Å². The van der Waals surface area contributed by atoms with E-state index < -0.39 is 0 Å². The van der Waals surface area contributed by atoms with Crippen LogP contribution in [0.4, 0.5) is 5.69 Å². The number of hydrogen-bond acceptors (Lipinski definition) is 2. The predicted octanol–water partition coefficient (Wildman–Crippen LogP) is 4.54. The molecule has 1 aromatic carbocycles. The Kier molecular flexibility index (Phi) is 5.23. The first kappa shape index (κ1) is 16.3. The van der Waals surface area contributed by atoms with Gasteiger partial charge < -0.3 is 15.0 Å². The zero-order valence-corrected chi connectivity index (χ0v) is 14.0. The standard InChI is InChI=1S/C18H23ClN2O2/c19-14-7-4-8-16-18(14)15(11-21(16)12-22)20-17(23)10-9-13-5-2-1-3-6-13/h4,7-8,11,13,22H,1-3,5-6,9-10,12H2,(H,20,23). The Bertz CT molecular complexity index is 690. The number of benzene rings is 1. The number of nitrogens with zero attached hydrogens (tertiary/aromatic N) is 1. The Morgan fingerprint density at radius 2 is 2.09 bits per heavy atom. The molecular formula is C18H23ClN2O2. The predicted molar refractivity (Wildman–Crippen MR) is 93.6 cm³/mol. The summed E-state index contributed by atoms with van der Waals surface area (Å²) in [5.41, 5.74) is 1.50. The van der Waals surface area contributed by atoms with E-state index in [-0.39, 0.29) is 12.6 Å². The summed E-state index contributed by atoms with van der Waals surface area (Å²) in [7, 11) is 0. The molecule has 0 unspecified atom stereocenters. The molecule has 5 heteroatoms. The van der Waals surface area contributed by atoms with Crippen molar-refractivity contribution in [2.45, 2.75) is 51.7 Å². The van der Waals surface area contributed by atoms with Crippen molar-refractivity contribution >= 4 is 34.1 Å². The lowest BCUT2D eigenvalue weighted by Gasteiger charge is -2.20. The Morgan fingerprint density at radius 1 is 1.30 bits per heavy atom. The van der Waals surface area contributed by atoms with Gasteiger partial charge in [-0.3, -0.25) is 4.79 Å². The number of rotatable bonds is 5. The topological polar surface area (TPSA) is 54.3 Å². The number of aliphatic hydroxyl groups is 1. The van der Waals surface area contributed by atoms with Crippen molar-refractivity contribution in [1.29, 1.82) is 0 Å². The molecule has 0 atom stereocenters. The minimum Gasteiger partial charge on any atom is -0.376 e. The van der Waals surface area contributed by atoms with E-state index in [0.717, 1.165) is 17.3 Å². The summed E-state index contributed by atoms with van der Waals surface area (Å²) in [5.74, 6) is 0.712. The third-order valence-corrected chi connectivity index (χ3v) is 5.10. The van der Waals surface area contributed by atoms with Gasteiger partial charge in [0.2, 0.25) is 5.91 Å². The molecule has 2 aromatic rings. The number of carbonyl (C=O) groups is 1. The van der Waals surface area contributed by atoms with Crippen LogP contribution in [-0.2, 0) is 11.5 Å². The van der Waals surface area contributed by atoms with Crippen LogP contribution in [0.3, 0.4) is 0 Å². The average molecular weight is 335 g/mol. The van der Waals surface area contributed by atoms with E-state index in [0.29, 0.717) is 23.0 Å². The third kappa shape index (κ3) is 3.70. The number of halogens is 1. The molecule has 3 rings (SSSR count). The molecule has 1 aliphatic carbocycles. The number of carbonyl (C=O) groups excluding carboxylic acids is 1. The van der Waals surface area contributed by atoms with Crippen LogP contribution in [0.5, 0.6) is 0 Å². The second-order valence-corrected chi connectivity index (χ2v) is 6.79. The quantitative estimate of drug-likeness (QED) is 0.843. The van der Waals surface area contributed by atoms with Crippen LogP contribution >= 0.6 is 11.6 Å². The van der Waals surface area contributed by atoms with Gasteiger partial charge >= 0.3 is 0 Å². The highest BCUT2D eigenvalue weighted by Gasteiger charge is 2.17. The summed E-state index contributed by atoms with van der Waals surface area (Å²) in [6.45, 7) is -0.144. The molecule has 1 aliphatic rings. The van der Waals surface area contributed by atoms with E-state index in [1.807, 2.05) is 12.1 Å². The highest BCUT2D eigenvalue weighted by molar-refractivity contribution is 6.36. The van der Waals surface area contributed by atoms with Crippen LogP contribution in [0.15, 0.2) is 24.4 Å². The maximum absolute atomic E-state index is 12.3. The van der Waals surface area contributed by atoms with Crippen LogP contribution in [0, 0.1) is 5.92 Å². The van der Waals surface area contributed by atoms with E-state index in [4.69, 9.17) is 11.6 Å². The van der Waals surface area contributed by atoms with Gasteiger partial charge in [0.25, 0.3) is 0 Å². The van der Waals surface area contributed by atoms with Gasteiger partial charge in [-0.1, -0.05) is 49.8 Å². The van der Waals surface area contributed by atoms with Crippen molar-refractivity contribution < 1.29 is 9.90 Å². The normalized spacial score (nSPS) is 15.9. The molecule has 1 aromatic heterocycles. The molecule has 0 spiro atoms. The van der Waals surface area contributed by atoms with Crippen molar-refractivity contribution in [2.75, 3.05) is 5.32 Å². The lowest BCUT2D eigenvalue weighted by molar-refractivity contribution is -0.116. The van der Waals surface area contributed by atoms with E-state index in [1.54, 1.807) is 16.8 Å². The fourth-order valence-electron chi connectivity index (χ4n) is 3.54. The Labute approximate surface area is 141 Å². The summed E-state index contributed by atoms with van der Waals surface area (Å²) < 4.78 is 1.68. The number of nitrogens with one attached hydrogen (secondary N) is 1. The highest BCUT2D eigenvalue weighted by atomic mass is 35.5. The number of amides is 1. The van der Waals surface area contributed by atoms with Crippen molar-refractivity contribution in [3.63, 3.8) is 0 Å². The Morgan fingerprint density at radius 3 is 2.83 bits per heavy atom. The average Bonchev–Trinajstić information content (AvgIpc) is 2.93. The van der Waals surface area contributed by atoms with Gasteiger partial charge in [0.05, 0.1) is 16.2 Å². The van der Waals surface area contributed by atoms with Crippen molar-refractivity contribution in [3.05, 3.63) is 29.4 Å². The van der Waals surface area contributed by atoms with Gasteiger partial charge in [-0.15, -0.1) is 0 Å². The van der Waals surface area contributed by atoms with Gasteiger partial charge in [0.15, 0.2) is 0 Å². The lowest BCUT2D eigenvalue weighted by Crippen LogP contribution is -2.14. The van der Waals surface area contributed by atoms with Crippen LogP contribution < -0.4 is 5.32 Å². The molecular weight excluding hydrogens is 312 g/mol. The molecule has 0 aliphatic heterocycles. The SMILES string of the molecule is O=C(CCC1CCCCC1)Nc1cn(CO)c2cccc(Cl)c12. The fourth-order valence-corrected chi connectivity index (χ4v) is 3.82. The monoisotopic (exact) mass is 334 g/mol. The Balaban J connectivity index is 1.69. The zero-order valence-electron chi connectivity index (χ0n) is 13.2. The molecule has 124 valence electrons. The van der Waals surface area contributed by atoms with E-state index in [2.05, 4.69) is 5.32 Å². The highest BCUT2D eigenvalue weighted by Crippen LogP contribution is 2.33. The van der Waals surface area contributed by atoms with Gasteiger partial charge in [-0.25, -0.2) is 0 Å². The lowest BCUT2D eigenvalue weighted by atomic mass is 9.86. The van der Waals surface area contributed by atoms with Crippen LogP contribution in [0.1, 0.15) is 44.9 Å². The minimum atomic E-state index is -0.144. The summed E-state index contributed by atoms with van der Waals surface area (Å²) in [6.07, 6.45) is 9.68. The summed E-state index contributed by atoms with van der Waals surface area (Å²) in [4.78, 5) is 12.3. The molecule has 4 nitrogen and oxygen atoms in total. The summed E-state index contributed by atoms with van der Waals surface area (Å²) >= 11 is 6.27. The first-order chi connectivity index (χ1) is 11.2. The largest absolute Gasteiger partial charge is 0.376 e.